The average molecular weight is 258 g/mol. The molecule has 2 heterocycles. The van der Waals surface area contributed by atoms with Gasteiger partial charge in [0.15, 0.2) is 5.69 Å². The summed E-state index contributed by atoms with van der Waals surface area (Å²) in [5, 5.41) is 3.08. The van der Waals surface area contributed by atoms with Crippen LogP contribution in [0.5, 0.6) is 0 Å². The fourth-order valence-electron chi connectivity index (χ4n) is 1.45. The van der Waals surface area contributed by atoms with Crippen molar-refractivity contribution >= 4 is 11.8 Å². The Labute approximate surface area is 110 Å². The summed E-state index contributed by atoms with van der Waals surface area (Å²) in [6.07, 6.45) is 4.71. The normalized spacial score (nSPS) is 10.0. The summed E-state index contributed by atoms with van der Waals surface area (Å²) in [5.74, 6) is 0.0108. The van der Waals surface area contributed by atoms with Crippen LogP contribution >= 0.6 is 0 Å². The lowest BCUT2D eigenvalue weighted by Crippen LogP contribution is -2.08. The first-order valence-electron chi connectivity index (χ1n) is 5.75. The first kappa shape index (κ1) is 12.9. The number of hydrogen-bond donors (Lipinski definition) is 1. The molecule has 0 spiro atoms. The highest BCUT2D eigenvalue weighted by atomic mass is 16.5. The largest absolute Gasteiger partial charge is 0.464 e. The molecule has 0 atom stereocenters. The van der Waals surface area contributed by atoms with E-state index < -0.39 is 5.97 Å². The van der Waals surface area contributed by atoms with Crippen LogP contribution < -0.4 is 5.32 Å². The van der Waals surface area contributed by atoms with Crippen LogP contribution in [-0.4, -0.2) is 28.0 Å². The van der Waals surface area contributed by atoms with Crippen molar-refractivity contribution in [2.24, 2.45) is 0 Å². The SMILES string of the molecule is COC(=O)c1cncc(NCc2ccc(C)nc2)n1. The van der Waals surface area contributed by atoms with Crippen LogP contribution in [0.4, 0.5) is 5.82 Å². The molecule has 0 aliphatic rings. The Kier molecular flexibility index (Phi) is 4.02. The van der Waals surface area contributed by atoms with Crippen molar-refractivity contribution in [2.45, 2.75) is 13.5 Å². The molecule has 0 aliphatic heterocycles. The lowest BCUT2D eigenvalue weighted by Gasteiger charge is -2.06. The third kappa shape index (κ3) is 3.48. The van der Waals surface area contributed by atoms with Gasteiger partial charge in [0.1, 0.15) is 5.82 Å². The van der Waals surface area contributed by atoms with E-state index in [2.05, 4.69) is 25.0 Å². The van der Waals surface area contributed by atoms with Crippen molar-refractivity contribution in [2.75, 3.05) is 12.4 Å². The first-order chi connectivity index (χ1) is 9.19. The predicted molar refractivity (Wildman–Crippen MR) is 69.7 cm³/mol. The summed E-state index contributed by atoms with van der Waals surface area (Å²) >= 11 is 0. The van der Waals surface area contributed by atoms with Gasteiger partial charge >= 0.3 is 5.97 Å². The molecule has 0 unspecified atom stereocenters. The van der Waals surface area contributed by atoms with Crippen molar-refractivity contribution in [1.82, 2.24) is 15.0 Å². The van der Waals surface area contributed by atoms with Crippen LogP contribution in [0.1, 0.15) is 21.7 Å². The number of carbonyl (C=O) groups is 1. The molecule has 6 heteroatoms. The molecule has 2 rings (SSSR count). The van der Waals surface area contributed by atoms with Gasteiger partial charge < -0.3 is 10.1 Å². The van der Waals surface area contributed by atoms with Crippen LogP contribution in [0.15, 0.2) is 30.7 Å². The first-order valence-corrected chi connectivity index (χ1v) is 5.75. The smallest absolute Gasteiger partial charge is 0.358 e. The second-order valence-electron chi connectivity index (χ2n) is 3.94. The summed E-state index contributed by atoms with van der Waals surface area (Å²) in [6.45, 7) is 2.50. The summed E-state index contributed by atoms with van der Waals surface area (Å²) in [7, 11) is 1.31. The minimum absolute atomic E-state index is 0.175. The van der Waals surface area contributed by atoms with Gasteiger partial charge in [-0.1, -0.05) is 6.07 Å². The molecule has 0 saturated heterocycles. The topological polar surface area (TPSA) is 77.0 Å². The summed E-state index contributed by atoms with van der Waals surface area (Å²) < 4.78 is 4.59. The number of ether oxygens (including phenoxy) is 1. The number of nitrogens with zero attached hydrogens (tertiary/aromatic N) is 3. The summed E-state index contributed by atoms with van der Waals surface area (Å²) in [5.41, 5.74) is 2.17. The molecule has 98 valence electrons. The van der Waals surface area contributed by atoms with Crippen molar-refractivity contribution in [3.05, 3.63) is 47.7 Å². The summed E-state index contributed by atoms with van der Waals surface area (Å²) in [6, 6.07) is 3.92. The van der Waals surface area contributed by atoms with Crippen LogP contribution in [-0.2, 0) is 11.3 Å². The third-order valence-electron chi connectivity index (χ3n) is 2.48. The molecular weight excluding hydrogens is 244 g/mol. The zero-order valence-corrected chi connectivity index (χ0v) is 10.8. The highest BCUT2D eigenvalue weighted by Crippen LogP contribution is 2.06. The van der Waals surface area contributed by atoms with Gasteiger partial charge in [0.25, 0.3) is 0 Å². The molecule has 0 saturated carbocycles. The Morgan fingerprint density at radius 1 is 1.32 bits per heavy atom. The zero-order valence-electron chi connectivity index (χ0n) is 10.8. The highest BCUT2D eigenvalue weighted by molar-refractivity contribution is 5.87. The Balaban J connectivity index is 2.03. The minimum Gasteiger partial charge on any atom is -0.464 e. The van der Waals surface area contributed by atoms with Gasteiger partial charge in [-0.3, -0.25) is 9.97 Å². The lowest BCUT2D eigenvalue weighted by atomic mass is 10.2. The van der Waals surface area contributed by atoms with E-state index in [9.17, 15) is 4.79 Å². The van der Waals surface area contributed by atoms with Gasteiger partial charge in [-0.05, 0) is 18.6 Å². The fraction of sp³-hybridized carbons (Fsp3) is 0.231. The molecule has 0 bridgehead atoms. The number of aryl methyl sites for hydroxylation is 1. The molecule has 0 aromatic carbocycles. The van der Waals surface area contributed by atoms with E-state index >= 15 is 0 Å². The summed E-state index contributed by atoms with van der Waals surface area (Å²) in [4.78, 5) is 23.6. The maximum absolute atomic E-state index is 11.3. The Hall–Kier alpha value is -2.50. The van der Waals surface area contributed by atoms with Crippen molar-refractivity contribution in [1.29, 1.82) is 0 Å². The van der Waals surface area contributed by atoms with Crippen LogP contribution in [0.2, 0.25) is 0 Å². The molecule has 0 fully saturated rings. The standard InChI is InChI=1S/C13H14N4O2/c1-9-3-4-10(5-15-9)6-16-12-8-14-7-11(17-12)13(18)19-2/h3-5,7-8H,6H2,1-2H3,(H,16,17). The molecule has 19 heavy (non-hydrogen) atoms. The van der Waals surface area contributed by atoms with E-state index in [0.29, 0.717) is 12.4 Å². The second kappa shape index (κ2) is 5.90. The van der Waals surface area contributed by atoms with Gasteiger partial charge in [0, 0.05) is 18.4 Å². The van der Waals surface area contributed by atoms with E-state index in [1.165, 1.54) is 13.3 Å². The number of rotatable bonds is 4. The van der Waals surface area contributed by atoms with Gasteiger partial charge in [-0.15, -0.1) is 0 Å². The highest BCUT2D eigenvalue weighted by Gasteiger charge is 2.08. The van der Waals surface area contributed by atoms with Gasteiger partial charge in [0.05, 0.1) is 19.5 Å². The molecule has 0 radical (unpaired) electrons. The number of pyridine rings is 1. The molecule has 0 amide bonds. The van der Waals surface area contributed by atoms with Crippen LogP contribution in [0.3, 0.4) is 0 Å². The Morgan fingerprint density at radius 3 is 2.84 bits per heavy atom. The van der Waals surface area contributed by atoms with Gasteiger partial charge in [-0.25, -0.2) is 9.78 Å². The molecule has 0 aliphatic carbocycles. The maximum Gasteiger partial charge on any atom is 0.358 e. The van der Waals surface area contributed by atoms with Crippen LogP contribution in [0.25, 0.3) is 0 Å². The lowest BCUT2D eigenvalue weighted by molar-refractivity contribution is 0.0593. The quantitative estimate of drug-likeness (QED) is 0.839. The molecule has 2 aromatic heterocycles. The third-order valence-corrected chi connectivity index (χ3v) is 2.48. The number of anilines is 1. The molecule has 1 N–H and O–H groups in total. The second-order valence-corrected chi connectivity index (χ2v) is 3.94. The number of esters is 1. The van der Waals surface area contributed by atoms with E-state index in [0.717, 1.165) is 11.3 Å². The number of aromatic nitrogens is 3. The number of nitrogens with one attached hydrogen (secondary N) is 1. The van der Waals surface area contributed by atoms with Gasteiger partial charge in [0.2, 0.25) is 0 Å². The maximum atomic E-state index is 11.3. The van der Waals surface area contributed by atoms with E-state index in [1.807, 2.05) is 19.1 Å². The van der Waals surface area contributed by atoms with Crippen molar-refractivity contribution in [3.8, 4) is 0 Å². The van der Waals surface area contributed by atoms with E-state index in [4.69, 9.17) is 0 Å². The Bertz CT molecular complexity index is 569. The fourth-order valence-corrected chi connectivity index (χ4v) is 1.45. The monoisotopic (exact) mass is 258 g/mol. The average Bonchev–Trinajstić information content (AvgIpc) is 2.46. The number of carbonyl (C=O) groups excluding carboxylic acids is 1. The van der Waals surface area contributed by atoms with Crippen molar-refractivity contribution in [3.63, 3.8) is 0 Å². The minimum atomic E-state index is -0.506. The van der Waals surface area contributed by atoms with Gasteiger partial charge in [-0.2, -0.15) is 0 Å². The van der Waals surface area contributed by atoms with E-state index in [1.54, 1.807) is 12.4 Å². The predicted octanol–water partition coefficient (Wildman–Crippen LogP) is 1.58. The molecule has 6 nitrogen and oxygen atoms in total. The Morgan fingerprint density at radius 2 is 2.16 bits per heavy atom. The number of methoxy groups -OCH3 is 1. The zero-order chi connectivity index (χ0) is 13.7. The molecular formula is C13H14N4O2. The van der Waals surface area contributed by atoms with Crippen molar-refractivity contribution < 1.29 is 9.53 Å². The van der Waals surface area contributed by atoms with E-state index in [-0.39, 0.29) is 5.69 Å². The number of hydrogen-bond acceptors (Lipinski definition) is 6. The molecule has 2 aromatic rings. The van der Waals surface area contributed by atoms with Crippen LogP contribution in [0, 0.1) is 6.92 Å².